The number of carboxylic acids is 1. The molecule has 4 heteroatoms. The molecule has 2 rings (SSSR count). The fourth-order valence-electron chi connectivity index (χ4n) is 3.14. The Bertz CT molecular complexity index is 709. The smallest absolute Gasteiger partial charge is 0.335 e. The van der Waals surface area contributed by atoms with Crippen LogP contribution in [0.2, 0.25) is 0 Å². The molecule has 1 N–H and O–H groups in total. The number of aromatic carboxylic acids is 1. The van der Waals surface area contributed by atoms with Gasteiger partial charge in [-0.1, -0.05) is 31.2 Å². The zero-order chi connectivity index (χ0) is 18.9. The van der Waals surface area contributed by atoms with Gasteiger partial charge in [0.25, 0.3) is 0 Å². The number of carboxylic acid groups (broad SMARTS) is 1. The van der Waals surface area contributed by atoms with Crippen LogP contribution >= 0.6 is 0 Å². The van der Waals surface area contributed by atoms with Crippen molar-refractivity contribution < 1.29 is 14.7 Å². The van der Waals surface area contributed by atoms with Crippen molar-refractivity contribution in [2.24, 2.45) is 5.92 Å². The molecule has 1 aliphatic heterocycles. The van der Waals surface area contributed by atoms with Gasteiger partial charge in [-0.3, -0.25) is 4.79 Å². The van der Waals surface area contributed by atoms with E-state index in [1.807, 2.05) is 24.0 Å². The molecule has 1 aromatic rings. The van der Waals surface area contributed by atoms with Gasteiger partial charge in [-0.2, -0.15) is 0 Å². The number of nitrogens with zero attached hydrogens (tertiary/aromatic N) is 1. The highest BCUT2D eigenvalue weighted by Crippen LogP contribution is 2.21. The molecule has 1 aromatic carbocycles. The van der Waals surface area contributed by atoms with Gasteiger partial charge in [-0.25, -0.2) is 4.79 Å². The molecule has 1 saturated heterocycles. The average Bonchev–Trinajstić information content (AvgIpc) is 2.98. The topological polar surface area (TPSA) is 57.6 Å². The number of likely N-dealkylation sites (tertiary alicyclic amines) is 1. The van der Waals surface area contributed by atoms with Gasteiger partial charge >= 0.3 is 5.97 Å². The Morgan fingerprint density at radius 2 is 2.12 bits per heavy atom. The molecule has 0 aromatic heterocycles. The van der Waals surface area contributed by atoms with E-state index in [0.717, 1.165) is 31.2 Å². The van der Waals surface area contributed by atoms with Gasteiger partial charge in [0.1, 0.15) is 0 Å². The first-order chi connectivity index (χ1) is 12.5. The number of hydrogen-bond acceptors (Lipinski definition) is 2. The van der Waals surface area contributed by atoms with Crippen molar-refractivity contribution in [3.8, 4) is 11.8 Å². The molecule has 1 aliphatic rings. The lowest BCUT2D eigenvalue weighted by Gasteiger charge is -2.22. The zero-order valence-corrected chi connectivity index (χ0v) is 15.6. The summed E-state index contributed by atoms with van der Waals surface area (Å²) >= 11 is 0. The lowest BCUT2D eigenvalue weighted by Crippen LogP contribution is -2.33. The van der Waals surface area contributed by atoms with Crippen molar-refractivity contribution in [2.75, 3.05) is 6.54 Å². The van der Waals surface area contributed by atoms with Crippen LogP contribution in [0.5, 0.6) is 0 Å². The average molecular weight is 353 g/mol. The van der Waals surface area contributed by atoms with E-state index >= 15 is 0 Å². The molecular formula is C22H27NO3. The van der Waals surface area contributed by atoms with Crippen LogP contribution in [0.1, 0.15) is 55.5 Å². The summed E-state index contributed by atoms with van der Waals surface area (Å²) in [7, 11) is 0. The fraction of sp³-hybridized carbons (Fsp3) is 0.455. The maximum Gasteiger partial charge on any atom is 0.335 e. The summed E-state index contributed by atoms with van der Waals surface area (Å²) < 4.78 is 0. The van der Waals surface area contributed by atoms with E-state index in [1.165, 1.54) is 0 Å². The molecule has 1 amide bonds. The minimum absolute atomic E-state index is 0.172. The number of allylic oxidation sites excluding steroid dienone is 1. The molecule has 0 bridgehead atoms. The van der Waals surface area contributed by atoms with E-state index in [4.69, 9.17) is 5.11 Å². The third kappa shape index (κ3) is 5.77. The van der Waals surface area contributed by atoms with Gasteiger partial charge in [0.15, 0.2) is 0 Å². The normalized spacial score (nSPS) is 18.0. The van der Waals surface area contributed by atoms with Crippen LogP contribution in [0.4, 0.5) is 0 Å². The Balaban J connectivity index is 1.88. The van der Waals surface area contributed by atoms with Crippen LogP contribution in [-0.2, 0) is 11.2 Å². The van der Waals surface area contributed by atoms with E-state index in [0.29, 0.717) is 18.9 Å². The van der Waals surface area contributed by atoms with Crippen molar-refractivity contribution in [2.45, 2.75) is 52.0 Å². The van der Waals surface area contributed by atoms with Gasteiger partial charge in [0, 0.05) is 19.4 Å². The second-order valence-corrected chi connectivity index (χ2v) is 6.85. The maximum absolute atomic E-state index is 12.2. The van der Waals surface area contributed by atoms with Crippen LogP contribution in [-0.4, -0.2) is 34.5 Å². The monoisotopic (exact) mass is 353 g/mol. The predicted octanol–water partition coefficient (Wildman–Crippen LogP) is 3.91. The number of hydrogen-bond donors (Lipinski definition) is 1. The molecule has 0 radical (unpaired) electrons. The van der Waals surface area contributed by atoms with E-state index in [9.17, 15) is 9.59 Å². The van der Waals surface area contributed by atoms with Crippen LogP contribution in [0.3, 0.4) is 0 Å². The Kier molecular flexibility index (Phi) is 7.47. The largest absolute Gasteiger partial charge is 0.478 e. The number of carbonyl (C=O) groups excluding carboxylic acids is 1. The Morgan fingerprint density at radius 3 is 2.77 bits per heavy atom. The second kappa shape index (κ2) is 9.82. The summed E-state index contributed by atoms with van der Waals surface area (Å²) in [5.74, 6) is 5.84. The van der Waals surface area contributed by atoms with E-state index < -0.39 is 5.97 Å². The molecule has 1 fully saturated rings. The quantitative estimate of drug-likeness (QED) is 0.569. The molecule has 0 aliphatic carbocycles. The second-order valence-electron chi connectivity index (χ2n) is 6.85. The number of carbonyl (C=O) groups is 2. The summed E-state index contributed by atoms with van der Waals surface area (Å²) in [6.45, 7) is 4.71. The van der Waals surface area contributed by atoms with Crippen molar-refractivity contribution >= 4 is 11.9 Å². The zero-order valence-electron chi connectivity index (χ0n) is 15.6. The maximum atomic E-state index is 12.2. The molecule has 2 unspecified atom stereocenters. The Morgan fingerprint density at radius 1 is 1.38 bits per heavy atom. The van der Waals surface area contributed by atoms with Crippen molar-refractivity contribution in [3.05, 3.63) is 47.5 Å². The highest BCUT2D eigenvalue weighted by atomic mass is 16.4. The lowest BCUT2D eigenvalue weighted by molar-refractivity contribution is -0.128. The van der Waals surface area contributed by atoms with Crippen molar-refractivity contribution in [3.63, 3.8) is 0 Å². The van der Waals surface area contributed by atoms with E-state index in [1.54, 1.807) is 12.1 Å². The molecule has 138 valence electrons. The molecule has 1 heterocycles. The van der Waals surface area contributed by atoms with E-state index in [2.05, 4.69) is 30.9 Å². The molecule has 2 atom stereocenters. The Labute approximate surface area is 155 Å². The molecular weight excluding hydrogens is 326 g/mol. The van der Waals surface area contributed by atoms with E-state index in [-0.39, 0.29) is 17.5 Å². The third-order valence-corrected chi connectivity index (χ3v) is 4.74. The van der Waals surface area contributed by atoms with Gasteiger partial charge < -0.3 is 10.0 Å². The number of rotatable bonds is 8. The van der Waals surface area contributed by atoms with Gasteiger partial charge in [-0.05, 0) is 49.8 Å². The first kappa shape index (κ1) is 19.8. The highest BCUT2D eigenvalue weighted by molar-refractivity contribution is 5.87. The van der Waals surface area contributed by atoms with Crippen LogP contribution in [0, 0.1) is 17.8 Å². The Hall–Kier alpha value is -2.54. The van der Waals surface area contributed by atoms with Gasteiger partial charge in [0.05, 0.1) is 11.6 Å². The summed E-state index contributed by atoms with van der Waals surface area (Å²) in [5, 5.41) is 8.95. The van der Waals surface area contributed by atoms with Crippen molar-refractivity contribution in [1.29, 1.82) is 0 Å². The summed E-state index contributed by atoms with van der Waals surface area (Å²) in [4.78, 5) is 25.0. The summed E-state index contributed by atoms with van der Waals surface area (Å²) in [6.07, 6.45) is 8.43. The molecule has 26 heavy (non-hydrogen) atoms. The summed E-state index contributed by atoms with van der Waals surface area (Å²) in [6, 6.07) is 7.05. The fourth-order valence-corrected chi connectivity index (χ4v) is 3.14. The number of amides is 1. The third-order valence-electron chi connectivity index (χ3n) is 4.74. The lowest BCUT2D eigenvalue weighted by atomic mass is 10.0. The number of benzene rings is 1. The highest BCUT2D eigenvalue weighted by Gasteiger charge is 2.28. The van der Waals surface area contributed by atoms with Crippen LogP contribution in [0.25, 0.3) is 0 Å². The molecule has 0 saturated carbocycles. The van der Waals surface area contributed by atoms with Crippen LogP contribution < -0.4 is 0 Å². The molecule has 4 nitrogen and oxygen atoms in total. The van der Waals surface area contributed by atoms with Gasteiger partial charge in [-0.15, -0.1) is 11.8 Å². The summed E-state index contributed by atoms with van der Waals surface area (Å²) in [5.41, 5.74) is 1.33. The minimum Gasteiger partial charge on any atom is -0.478 e. The SMILES string of the molecule is CC#CCC(C)C/C=C/C1CCC(=O)N1CCc1ccc(C(=O)O)cc1. The minimum atomic E-state index is -0.921. The van der Waals surface area contributed by atoms with Crippen LogP contribution in [0.15, 0.2) is 36.4 Å². The first-order valence-electron chi connectivity index (χ1n) is 9.19. The standard InChI is InChI=1S/C22H27NO3/c1-3-4-6-17(2)7-5-8-20-13-14-21(24)23(20)16-15-18-9-11-19(12-10-18)22(25)26/h5,8-12,17,20H,6-7,13-16H2,1-2H3,(H,25,26)/b8-5+. The first-order valence-corrected chi connectivity index (χ1v) is 9.19. The molecule has 0 spiro atoms. The van der Waals surface area contributed by atoms with Crippen molar-refractivity contribution in [1.82, 2.24) is 4.90 Å². The predicted molar refractivity (Wildman–Crippen MR) is 103 cm³/mol. The van der Waals surface area contributed by atoms with Gasteiger partial charge in [0.2, 0.25) is 5.91 Å².